The molecule has 3 nitrogen and oxygen atoms in total. The molecule has 4 rings (SSSR count). The number of benzene rings is 2. The number of aryl methyl sites for hydroxylation is 1. The van der Waals surface area contributed by atoms with Gasteiger partial charge in [0.25, 0.3) is 0 Å². The van der Waals surface area contributed by atoms with Gasteiger partial charge in [0.2, 0.25) is 0 Å². The topological polar surface area (TPSA) is 39.4 Å². The molecule has 3 aromatic rings. The van der Waals surface area contributed by atoms with Gasteiger partial charge in [-0.1, -0.05) is 31.2 Å². The molecule has 0 saturated carbocycles. The zero-order valence-electron chi connectivity index (χ0n) is 12.3. The number of rotatable bonds is 0. The van der Waals surface area contributed by atoms with Gasteiger partial charge in [-0.05, 0) is 30.9 Å². The molecule has 0 N–H and O–H groups in total. The minimum Gasteiger partial charge on any atom is -0.489 e. The van der Waals surface area contributed by atoms with E-state index in [-0.39, 0.29) is 17.6 Å². The molecule has 1 aliphatic rings. The molecule has 2 atom stereocenters. The van der Waals surface area contributed by atoms with Crippen molar-refractivity contribution in [3.05, 3.63) is 51.9 Å². The molecule has 2 heterocycles. The fourth-order valence-corrected chi connectivity index (χ4v) is 3.20. The number of ether oxygens (including phenoxy) is 1. The van der Waals surface area contributed by atoms with Crippen LogP contribution in [-0.4, -0.2) is 6.10 Å². The molecule has 0 spiro atoms. The van der Waals surface area contributed by atoms with Gasteiger partial charge in [0.05, 0.1) is 10.9 Å². The highest BCUT2D eigenvalue weighted by molar-refractivity contribution is 6.07. The summed E-state index contributed by atoms with van der Waals surface area (Å²) in [6.45, 7) is 6.05. The van der Waals surface area contributed by atoms with Crippen LogP contribution in [0.25, 0.3) is 21.7 Å². The standard InChI is InChI=1S/C18H16O3/c1-9-5-4-6-13-12(9)7-8-14-16(13)21-18(19)15-10(2)11(3)20-17(14)15/h4-8,10-11H,1-3H3/t10-,11-/m0/s1. The van der Waals surface area contributed by atoms with Gasteiger partial charge in [-0.15, -0.1) is 0 Å². The van der Waals surface area contributed by atoms with Crippen LogP contribution in [0.15, 0.2) is 39.5 Å². The zero-order chi connectivity index (χ0) is 14.7. The maximum atomic E-state index is 12.4. The van der Waals surface area contributed by atoms with Crippen LogP contribution < -0.4 is 10.4 Å². The monoisotopic (exact) mass is 280 g/mol. The molecule has 0 radical (unpaired) electrons. The second kappa shape index (κ2) is 4.10. The molecule has 0 unspecified atom stereocenters. The van der Waals surface area contributed by atoms with Crippen LogP contribution in [-0.2, 0) is 0 Å². The molecular weight excluding hydrogens is 264 g/mol. The van der Waals surface area contributed by atoms with Gasteiger partial charge in [-0.2, -0.15) is 0 Å². The lowest BCUT2D eigenvalue weighted by atomic mass is 9.97. The zero-order valence-corrected chi connectivity index (χ0v) is 12.3. The first-order valence-corrected chi connectivity index (χ1v) is 7.23. The van der Waals surface area contributed by atoms with Crippen LogP contribution in [0.5, 0.6) is 5.75 Å². The minimum atomic E-state index is -0.275. The first kappa shape index (κ1) is 12.5. The van der Waals surface area contributed by atoms with Gasteiger partial charge in [0.15, 0.2) is 0 Å². The van der Waals surface area contributed by atoms with Crippen molar-refractivity contribution in [2.75, 3.05) is 0 Å². The van der Waals surface area contributed by atoms with Crippen LogP contribution in [0.4, 0.5) is 0 Å². The predicted octanol–water partition coefficient (Wildman–Crippen LogP) is 4.14. The fourth-order valence-electron chi connectivity index (χ4n) is 3.20. The quantitative estimate of drug-likeness (QED) is 0.459. The lowest BCUT2D eigenvalue weighted by Crippen LogP contribution is -2.14. The molecule has 3 heteroatoms. The van der Waals surface area contributed by atoms with E-state index in [0.717, 1.165) is 16.2 Å². The summed E-state index contributed by atoms with van der Waals surface area (Å²) >= 11 is 0. The Labute approximate surface area is 122 Å². The average molecular weight is 280 g/mol. The third-order valence-corrected chi connectivity index (χ3v) is 4.60. The number of fused-ring (bicyclic) bond motifs is 5. The summed E-state index contributed by atoms with van der Waals surface area (Å²) in [5, 5.41) is 2.95. The predicted molar refractivity (Wildman–Crippen MR) is 83.2 cm³/mol. The highest BCUT2D eigenvalue weighted by Gasteiger charge is 2.33. The maximum absolute atomic E-state index is 12.4. The van der Waals surface area contributed by atoms with Crippen molar-refractivity contribution in [1.29, 1.82) is 0 Å². The third kappa shape index (κ3) is 1.57. The first-order chi connectivity index (χ1) is 10.1. The molecular formula is C18H16O3. The summed E-state index contributed by atoms with van der Waals surface area (Å²) in [6.07, 6.45) is 0.00158. The van der Waals surface area contributed by atoms with Crippen LogP contribution in [0.3, 0.4) is 0 Å². The van der Waals surface area contributed by atoms with Crippen molar-refractivity contribution < 1.29 is 9.15 Å². The summed E-state index contributed by atoms with van der Waals surface area (Å²) in [5.41, 5.74) is 2.19. The first-order valence-electron chi connectivity index (χ1n) is 7.23. The van der Waals surface area contributed by atoms with Gasteiger partial charge in [-0.3, -0.25) is 0 Å². The van der Waals surface area contributed by atoms with E-state index in [2.05, 4.69) is 19.1 Å². The average Bonchev–Trinajstić information content (AvgIpc) is 2.76. The maximum Gasteiger partial charge on any atom is 0.343 e. The number of hydrogen-bond donors (Lipinski definition) is 0. The van der Waals surface area contributed by atoms with Crippen LogP contribution in [0.2, 0.25) is 0 Å². The molecule has 0 bridgehead atoms. The molecule has 0 amide bonds. The van der Waals surface area contributed by atoms with Gasteiger partial charge in [-0.25, -0.2) is 4.79 Å². The SMILES string of the molecule is Cc1cccc2c1ccc1c3c(c(=O)oc12)[C@@H](C)[C@H](C)O3. The van der Waals surface area contributed by atoms with Crippen molar-refractivity contribution in [3.8, 4) is 5.75 Å². The van der Waals surface area contributed by atoms with Crippen molar-refractivity contribution >= 4 is 21.7 Å². The van der Waals surface area contributed by atoms with Crippen LogP contribution >= 0.6 is 0 Å². The summed E-state index contributed by atoms with van der Waals surface area (Å²) in [5.74, 6) is 0.763. The Balaban J connectivity index is 2.20. The van der Waals surface area contributed by atoms with E-state index in [1.54, 1.807) is 0 Å². The summed E-state index contributed by atoms with van der Waals surface area (Å²) < 4.78 is 11.6. The van der Waals surface area contributed by atoms with Gasteiger partial charge in [0, 0.05) is 11.3 Å². The molecule has 1 aliphatic heterocycles. The van der Waals surface area contributed by atoms with Crippen LogP contribution in [0, 0.1) is 6.92 Å². The van der Waals surface area contributed by atoms with Crippen LogP contribution in [0.1, 0.15) is 30.9 Å². The number of hydrogen-bond acceptors (Lipinski definition) is 3. The Morgan fingerprint density at radius 1 is 1.00 bits per heavy atom. The Bertz CT molecular complexity index is 936. The third-order valence-electron chi connectivity index (χ3n) is 4.60. The van der Waals surface area contributed by atoms with E-state index in [1.165, 1.54) is 5.56 Å². The Morgan fingerprint density at radius 2 is 1.76 bits per heavy atom. The molecule has 0 aliphatic carbocycles. The molecule has 21 heavy (non-hydrogen) atoms. The Hall–Kier alpha value is -2.29. The lowest BCUT2D eigenvalue weighted by Gasteiger charge is -2.08. The molecule has 1 aromatic heterocycles. The minimum absolute atomic E-state index is 0.00158. The van der Waals surface area contributed by atoms with Gasteiger partial charge < -0.3 is 9.15 Å². The Morgan fingerprint density at radius 3 is 2.57 bits per heavy atom. The van der Waals surface area contributed by atoms with E-state index in [9.17, 15) is 4.79 Å². The molecule has 106 valence electrons. The van der Waals surface area contributed by atoms with E-state index in [4.69, 9.17) is 9.15 Å². The summed E-state index contributed by atoms with van der Waals surface area (Å²) in [7, 11) is 0. The van der Waals surface area contributed by atoms with E-state index >= 15 is 0 Å². The second-order valence-corrected chi connectivity index (χ2v) is 5.86. The second-order valence-electron chi connectivity index (χ2n) is 5.86. The van der Waals surface area contributed by atoms with Gasteiger partial charge in [0.1, 0.15) is 17.4 Å². The van der Waals surface area contributed by atoms with Gasteiger partial charge >= 0.3 is 5.63 Å². The van der Waals surface area contributed by atoms with Crippen molar-refractivity contribution in [1.82, 2.24) is 0 Å². The van der Waals surface area contributed by atoms with Crippen molar-refractivity contribution in [3.63, 3.8) is 0 Å². The molecule has 0 fully saturated rings. The highest BCUT2D eigenvalue weighted by Crippen LogP contribution is 2.42. The lowest BCUT2D eigenvalue weighted by molar-refractivity contribution is 0.234. The van der Waals surface area contributed by atoms with E-state index < -0.39 is 0 Å². The summed E-state index contributed by atoms with van der Waals surface area (Å²) in [6, 6.07) is 10.1. The molecule has 2 aromatic carbocycles. The van der Waals surface area contributed by atoms with E-state index in [0.29, 0.717) is 16.9 Å². The largest absolute Gasteiger partial charge is 0.489 e. The Kier molecular flexibility index (Phi) is 2.43. The molecule has 0 saturated heterocycles. The van der Waals surface area contributed by atoms with E-state index in [1.807, 2.05) is 32.0 Å². The van der Waals surface area contributed by atoms with Crippen molar-refractivity contribution in [2.45, 2.75) is 32.8 Å². The summed E-state index contributed by atoms with van der Waals surface area (Å²) in [4.78, 5) is 12.4. The smallest absolute Gasteiger partial charge is 0.343 e. The fraction of sp³-hybridized carbons (Fsp3) is 0.278. The van der Waals surface area contributed by atoms with Crippen molar-refractivity contribution in [2.24, 2.45) is 0 Å². The normalized spacial score (nSPS) is 20.7. The highest BCUT2D eigenvalue weighted by atomic mass is 16.5.